The summed E-state index contributed by atoms with van der Waals surface area (Å²) in [5.74, 6) is 0.966. The molecule has 1 atom stereocenters. The van der Waals surface area contributed by atoms with E-state index in [1.54, 1.807) is 0 Å². The quantitative estimate of drug-likeness (QED) is 0.579. The molecule has 0 aliphatic carbocycles. The van der Waals surface area contributed by atoms with Gasteiger partial charge in [0, 0.05) is 38.8 Å². The van der Waals surface area contributed by atoms with Gasteiger partial charge in [-0.1, -0.05) is 31.2 Å². The number of hydrogen-bond acceptors (Lipinski definition) is 3. The number of nitrogens with one attached hydrogen (secondary N) is 2. The Kier molecular flexibility index (Phi) is 7.32. The summed E-state index contributed by atoms with van der Waals surface area (Å²) in [7, 11) is 0. The minimum atomic E-state index is 0.619. The van der Waals surface area contributed by atoms with Crippen molar-refractivity contribution in [1.82, 2.24) is 20.4 Å². The predicted molar refractivity (Wildman–Crippen MR) is 110 cm³/mol. The topological polar surface area (TPSA) is 42.9 Å². The van der Waals surface area contributed by atoms with Gasteiger partial charge >= 0.3 is 0 Å². The Bertz CT molecular complexity index is 586. The summed E-state index contributed by atoms with van der Waals surface area (Å²) in [6, 6.07) is 9.46. The van der Waals surface area contributed by atoms with E-state index in [4.69, 9.17) is 4.99 Å². The van der Waals surface area contributed by atoms with Crippen molar-refractivity contribution < 1.29 is 0 Å². The van der Waals surface area contributed by atoms with Gasteiger partial charge in [-0.15, -0.1) is 0 Å². The van der Waals surface area contributed by atoms with Crippen LogP contribution in [0.2, 0.25) is 0 Å². The van der Waals surface area contributed by atoms with E-state index in [1.165, 1.54) is 36.9 Å². The highest BCUT2D eigenvalue weighted by atomic mass is 15.2. The average molecular weight is 358 g/mol. The van der Waals surface area contributed by atoms with Crippen LogP contribution >= 0.6 is 0 Å². The molecular formula is C21H35N5. The minimum Gasteiger partial charge on any atom is -0.357 e. The van der Waals surface area contributed by atoms with Gasteiger partial charge < -0.3 is 10.6 Å². The second kappa shape index (κ2) is 9.93. The minimum absolute atomic E-state index is 0.619. The fraction of sp³-hybridized carbons (Fsp3) is 0.667. The number of benzene rings is 1. The predicted octanol–water partition coefficient (Wildman–Crippen LogP) is 2.08. The first kappa shape index (κ1) is 19.2. The largest absolute Gasteiger partial charge is 0.357 e. The molecule has 2 aliphatic rings. The van der Waals surface area contributed by atoms with Crippen molar-refractivity contribution in [2.75, 3.05) is 45.8 Å². The smallest absolute Gasteiger partial charge is 0.191 e. The summed E-state index contributed by atoms with van der Waals surface area (Å²) >= 11 is 0. The van der Waals surface area contributed by atoms with Gasteiger partial charge in [-0.3, -0.25) is 14.8 Å². The lowest BCUT2D eigenvalue weighted by Crippen LogP contribution is -2.43. The van der Waals surface area contributed by atoms with Crippen LogP contribution in [-0.4, -0.2) is 67.6 Å². The molecule has 144 valence electrons. The van der Waals surface area contributed by atoms with Gasteiger partial charge in [0.25, 0.3) is 0 Å². The number of nitrogens with zero attached hydrogens (tertiary/aromatic N) is 3. The first-order chi connectivity index (χ1) is 12.8. The Morgan fingerprint density at radius 3 is 2.81 bits per heavy atom. The van der Waals surface area contributed by atoms with Gasteiger partial charge in [0.2, 0.25) is 0 Å². The van der Waals surface area contributed by atoms with Crippen LogP contribution in [0, 0.1) is 0 Å². The maximum Gasteiger partial charge on any atom is 0.191 e. The zero-order valence-electron chi connectivity index (χ0n) is 16.5. The summed E-state index contributed by atoms with van der Waals surface area (Å²) in [5, 5.41) is 6.92. The number of rotatable bonds is 7. The van der Waals surface area contributed by atoms with Crippen molar-refractivity contribution in [2.24, 2.45) is 4.99 Å². The molecular weight excluding hydrogens is 322 g/mol. The lowest BCUT2D eigenvalue weighted by molar-refractivity contribution is 0.258. The van der Waals surface area contributed by atoms with E-state index in [0.29, 0.717) is 6.04 Å². The molecule has 0 spiro atoms. The molecule has 1 saturated heterocycles. The molecule has 0 amide bonds. The molecule has 1 fully saturated rings. The molecule has 5 nitrogen and oxygen atoms in total. The molecule has 2 aliphatic heterocycles. The maximum absolute atomic E-state index is 4.85. The molecule has 26 heavy (non-hydrogen) atoms. The normalized spacial score (nSPS) is 21.6. The fourth-order valence-electron chi connectivity index (χ4n) is 4.13. The molecule has 1 aromatic rings. The van der Waals surface area contributed by atoms with E-state index in [0.717, 1.165) is 51.8 Å². The highest BCUT2D eigenvalue weighted by molar-refractivity contribution is 5.79. The first-order valence-corrected chi connectivity index (χ1v) is 10.4. The maximum atomic E-state index is 4.85. The molecule has 1 unspecified atom stereocenters. The zero-order valence-corrected chi connectivity index (χ0v) is 16.5. The van der Waals surface area contributed by atoms with Crippen molar-refractivity contribution in [1.29, 1.82) is 0 Å². The Hall–Kier alpha value is -1.59. The lowest BCUT2D eigenvalue weighted by atomic mass is 10.00. The highest BCUT2D eigenvalue weighted by Gasteiger charge is 2.22. The summed E-state index contributed by atoms with van der Waals surface area (Å²) in [5.41, 5.74) is 3.00. The van der Waals surface area contributed by atoms with Crippen LogP contribution in [0.3, 0.4) is 0 Å². The van der Waals surface area contributed by atoms with Crippen molar-refractivity contribution in [3.8, 4) is 0 Å². The fourth-order valence-corrected chi connectivity index (χ4v) is 4.13. The van der Waals surface area contributed by atoms with E-state index in [-0.39, 0.29) is 0 Å². The molecule has 0 radical (unpaired) electrons. The van der Waals surface area contributed by atoms with Gasteiger partial charge in [-0.05, 0) is 50.4 Å². The van der Waals surface area contributed by atoms with Crippen molar-refractivity contribution >= 4 is 5.96 Å². The second-order valence-corrected chi connectivity index (χ2v) is 7.37. The van der Waals surface area contributed by atoms with Crippen LogP contribution in [0.5, 0.6) is 0 Å². The molecule has 2 heterocycles. The van der Waals surface area contributed by atoms with Gasteiger partial charge in [0.05, 0.1) is 6.54 Å². The van der Waals surface area contributed by atoms with E-state index in [9.17, 15) is 0 Å². The third kappa shape index (κ3) is 5.21. The molecule has 0 bridgehead atoms. The standard InChI is InChI=1S/C21H35N5/c1-3-22-21(24-16-20-10-7-13-26(20)4-2)23-12-15-25-14-11-18-8-5-6-9-19(18)17-25/h5-6,8-9,20H,3-4,7,10-17H2,1-2H3,(H2,22,23,24). The molecule has 1 aromatic carbocycles. The van der Waals surface area contributed by atoms with E-state index in [1.807, 2.05) is 0 Å². The third-order valence-corrected chi connectivity index (χ3v) is 5.64. The summed E-state index contributed by atoms with van der Waals surface area (Å²) < 4.78 is 0. The lowest BCUT2D eigenvalue weighted by Gasteiger charge is -2.29. The van der Waals surface area contributed by atoms with Crippen molar-refractivity contribution in [3.05, 3.63) is 35.4 Å². The summed E-state index contributed by atoms with van der Waals surface area (Å²) in [6.07, 6.45) is 3.76. The van der Waals surface area contributed by atoms with Crippen LogP contribution in [0.25, 0.3) is 0 Å². The number of guanidine groups is 1. The van der Waals surface area contributed by atoms with E-state index in [2.05, 4.69) is 58.5 Å². The molecule has 0 saturated carbocycles. The molecule has 3 rings (SSSR count). The number of fused-ring (bicyclic) bond motifs is 1. The van der Waals surface area contributed by atoms with Crippen LogP contribution < -0.4 is 10.6 Å². The van der Waals surface area contributed by atoms with Gasteiger partial charge in [0.15, 0.2) is 5.96 Å². The number of hydrogen-bond donors (Lipinski definition) is 2. The highest BCUT2D eigenvalue weighted by Crippen LogP contribution is 2.18. The summed E-state index contributed by atoms with van der Waals surface area (Å²) in [4.78, 5) is 9.94. The average Bonchev–Trinajstić information content (AvgIpc) is 3.13. The first-order valence-electron chi connectivity index (χ1n) is 10.4. The Morgan fingerprint density at radius 1 is 1.15 bits per heavy atom. The molecule has 5 heteroatoms. The van der Waals surface area contributed by atoms with Crippen LogP contribution in [0.1, 0.15) is 37.8 Å². The van der Waals surface area contributed by atoms with Crippen LogP contribution in [0.15, 0.2) is 29.3 Å². The zero-order chi connectivity index (χ0) is 18.2. The second-order valence-electron chi connectivity index (χ2n) is 7.37. The van der Waals surface area contributed by atoms with Crippen LogP contribution in [0.4, 0.5) is 0 Å². The van der Waals surface area contributed by atoms with Gasteiger partial charge in [-0.2, -0.15) is 0 Å². The third-order valence-electron chi connectivity index (χ3n) is 5.64. The van der Waals surface area contributed by atoms with E-state index < -0.39 is 0 Å². The van der Waals surface area contributed by atoms with Crippen molar-refractivity contribution in [3.63, 3.8) is 0 Å². The van der Waals surface area contributed by atoms with Gasteiger partial charge in [0.1, 0.15) is 0 Å². The van der Waals surface area contributed by atoms with Gasteiger partial charge in [-0.25, -0.2) is 0 Å². The SMILES string of the molecule is CCNC(=NCC1CCCN1CC)NCCN1CCc2ccccc2C1. The number of aliphatic imine (C=N–C) groups is 1. The molecule has 0 aromatic heterocycles. The Morgan fingerprint density at radius 2 is 2.00 bits per heavy atom. The number of likely N-dealkylation sites (tertiary alicyclic amines) is 1. The Labute approximate surface area is 158 Å². The number of likely N-dealkylation sites (N-methyl/N-ethyl adjacent to an activating group) is 1. The monoisotopic (exact) mass is 357 g/mol. The van der Waals surface area contributed by atoms with E-state index >= 15 is 0 Å². The molecule has 2 N–H and O–H groups in total. The van der Waals surface area contributed by atoms with Crippen molar-refractivity contribution in [2.45, 2.75) is 45.7 Å². The Balaban J connectivity index is 1.44. The van der Waals surface area contributed by atoms with Crippen LogP contribution in [-0.2, 0) is 13.0 Å². The summed E-state index contributed by atoms with van der Waals surface area (Å²) in [6.45, 7) is 12.8.